The smallest absolute Gasteiger partial charge is 0.175 e. The molecule has 1 heterocycles. The number of halogens is 1. The van der Waals surface area contributed by atoms with E-state index in [1.54, 1.807) is 6.07 Å². The number of hydrogen-bond donors (Lipinski definition) is 2. The summed E-state index contributed by atoms with van der Waals surface area (Å²) in [5.74, 6) is -0.279. The molecule has 1 aliphatic heterocycles. The van der Waals surface area contributed by atoms with Crippen molar-refractivity contribution in [1.82, 2.24) is 4.90 Å². The van der Waals surface area contributed by atoms with E-state index >= 15 is 0 Å². The lowest BCUT2D eigenvalue weighted by molar-refractivity contribution is 0.331. The summed E-state index contributed by atoms with van der Waals surface area (Å²) in [5, 5.41) is 6.70. The van der Waals surface area contributed by atoms with Gasteiger partial charge in [0.15, 0.2) is 5.11 Å². The molecule has 0 amide bonds. The molecule has 2 N–H and O–H groups in total. The van der Waals surface area contributed by atoms with E-state index in [-0.39, 0.29) is 5.82 Å². The van der Waals surface area contributed by atoms with E-state index in [4.69, 9.17) is 12.2 Å². The molecule has 126 valence electrons. The molecule has 24 heavy (non-hydrogen) atoms. The van der Waals surface area contributed by atoms with Gasteiger partial charge in [-0.25, -0.2) is 4.39 Å². The Balaban J connectivity index is 1.62. The first kappa shape index (κ1) is 16.9. The van der Waals surface area contributed by atoms with Crippen LogP contribution in [0.2, 0.25) is 0 Å². The van der Waals surface area contributed by atoms with E-state index in [9.17, 15) is 4.39 Å². The number of benzene rings is 2. The molecule has 2 aromatic carbocycles. The quantitative estimate of drug-likeness (QED) is 0.797. The van der Waals surface area contributed by atoms with Crippen molar-refractivity contribution in [2.45, 2.75) is 26.3 Å². The summed E-state index contributed by atoms with van der Waals surface area (Å²) in [6, 6.07) is 12.9. The van der Waals surface area contributed by atoms with Crippen molar-refractivity contribution < 1.29 is 4.39 Å². The fourth-order valence-electron chi connectivity index (χ4n) is 2.96. The van der Waals surface area contributed by atoms with Gasteiger partial charge in [-0.3, -0.25) is 4.90 Å². The Bertz CT molecular complexity index is 726. The van der Waals surface area contributed by atoms with Gasteiger partial charge in [0.25, 0.3) is 0 Å². The Morgan fingerprint density at radius 2 is 1.92 bits per heavy atom. The second-order valence-corrected chi connectivity index (χ2v) is 6.63. The molecule has 1 aliphatic rings. The van der Waals surface area contributed by atoms with Crippen molar-refractivity contribution >= 4 is 28.7 Å². The van der Waals surface area contributed by atoms with Crippen LogP contribution < -0.4 is 10.6 Å². The van der Waals surface area contributed by atoms with E-state index in [0.29, 0.717) is 10.8 Å². The molecule has 2 aromatic rings. The summed E-state index contributed by atoms with van der Waals surface area (Å²) in [4.78, 5) is 2.46. The molecule has 3 nitrogen and oxygen atoms in total. The molecule has 0 bridgehead atoms. The molecular weight excluding hydrogens is 321 g/mol. The molecule has 0 saturated carbocycles. The number of nitrogens with one attached hydrogen (secondary N) is 2. The van der Waals surface area contributed by atoms with Crippen LogP contribution in [-0.2, 0) is 6.54 Å². The highest BCUT2D eigenvalue weighted by Crippen LogP contribution is 2.18. The zero-order valence-corrected chi connectivity index (χ0v) is 14.6. The maximum absolute atomic E-state index is 13.4. The molecule has 0 radical (unpaired) electrons. The minimum atomic E-state index is -0.279. The van der Waals surface area contributed by atoms with Gasteiger partial charge < -0.3 is 10.6 Å². The molecule has 0 aliphatic carbocycles. The zero-order chi connectivity index (χ0) is 16.9. The first-order chi connectivity index (χ1) is 11.6. The third kappa shape index (κ3) is 4.52. The minimum absolute atomic E-state index is 0.279. The topological polar surface area (TPSA) is 27.3 Å². The molecule has 0 spiro atoms. The molecule has 1 saturated heterocycles. The van der Waals surface area contributed by atoms with Gasteiger partial charge in [-0.1, -0.05) is 18.2 Å². The highest BCUT2D eigenvalue weighted by atomic mass is 32.1. The van der Waals surface area contributed by atoms with Crippen molar-refractivity contribution in [1.29, 1.82) is 0 Å². The number of aryl methyl sites for hydroxylation is 1. The normalized spacial score (nSPS) is 14.6. The summed E-state index contributed by atoms with van der Waals surface area (Å²) >= 11 is 5.35. The Morgan fingerprint density at radius 1 is 1.12 bits per heavy atom. The van der Waals surface area contributed by atoms with Crippen LogP contribution in [0, 0.1) is 12.7 Å². The number of likely N-dealkylation sites (tertiary alicyclic amines) is 1. The lowest BCUT2D eigenvalue weighted by Gasteiger charge is -2.16. The Morgan fingerprint density at radius 3 is 2.71 bits per heavy atom. The van der Waals surface area contributed by atoms with Crippen LogP contribution in [0.15, 0.2) is 42.5 Å². The van der Waals surface area contributed by atoms with Crippen molar-refractivity contribution in [2.24, 2.45) is 0 Å². The van der Waals surface area contributed by atoms with Gasteiger partial charge in [-0.2, -0.15) is 0 Å². The van der Waals surface area contributed by atoms with E-state index in [0.717, 1.165) is 17.8 Å². The van der Waals surface area contributed by atoms with Crippen LogP contribution in [0.1, 0.15) is 24.0 Å². The first-order valence-electron chi connectivity index (χ1n) is 8.25. The molecule has 0 unspecified atom stereocenters. The Kier molecular flexibility index (Phi) is 5.43. The molecule has 5 heteroatoms. The van der Waals surface area contributed by atoms with Crippen LogP contribution in [0.3, 0.4) is 0 Å². The van der Waals surface area contributed by atoms with Gasteiger partial charge >= 0.3 is 0 Å². The minimum Gasteiger partial charge on any atom is -0.332 e. The molecular formula is C19H22FN3S. The maximum Gasteiger partial charge on any atom is 0.175 e. The third-order valence-corrected chi connectivity index (χ3v) is 4.44. The number of nitrogens with zero attached hydrogens (tertiary/aromatic N) is 1. The van der Waals surface area contributed by atoms with Gasteiger partial charge in [0.2, 0.25) is 0 Å². The van der Waals surface area contributed by atoms with E-state index < -0.39 is 0 Å². The van der Waals surface area contributed by atoms with Crippen molar-refractivity contribution in [2.75, 3.05) is 23.7 Å². The summed E-state index contributed by atoms with van der Waals surface area (Å²) < 4.78 is 13.4. The number of thiocarbonyl (C=S) groups is 1. The molecule has 1 fully saturated rings. The van der Waals surface area contributed by atoms with Crippen LogP contribution in [0.4, 0.5) is 15.8 Å². The Hall–Kier alpha value is -1.98. The average molecular weight is 343 g/mol. The van der Waals surface area contributed by atoms with E-state index in [1.807, 2.05) is 19.1 Å². The summed E-state index contributed by atoms with van der Waals surface area (Å²) in [7, 11) is 0. The zero-order valence-electron chi connectivity index (χ0n) is 13.8. The second-order valence-electron chi connectivity index (χ2n) is 6.22. The standard InChI is InChI=1S/C19H22FN3S/c1-14-7-8-16(20)12-18(14)22-19(24)21-17-6-4-5-15(11-17)13-23-9-2-3-10-23/h4-8,11-12H,2-3,9-10,13H2,1H3,(H2,21,22,24). The van der Waals surface area contributed by atoms with E-state index in [1.165, 1.54) is 43.6 Å². The van der Waals surface area contributed by atoms with Crippen LogP contribution in [0.5, 0.6) is 0 Å². The summed E-state index contributed by atoms with van der Waals surface area (Å²) in [6.45, 7) is 5.24. The molecule has 0 atom stereocenters. The van der Waals surface area contributed by atoms with Crippen LogP contribution in [0.25, 0.3) is 0 Å². The Labute approximate surface area is 147 Å². The molecule has 0 aromatic heterocycles. The maximum atomic E-state index is 13.4. The number of rotatable bonds is 4. The van der Waals surface area contributed by atoms with Gasteiger partial charge in [0.1, 0.15) is 5.82 Å². The van der Waals surface area contributed by atoms with Crippen LogP contribution >= 0.6 is 12.2 Å². The van der Waals surface area contributed by atoms with Gasteiger partial charge in [-0.05, 0) is 80.5 Å². The average Bonchev–Trinajstić information content (AvgIpc) is 3.04. The second kappa shape index (κ2) is 7.73. The summed E-state index contributed by atoms with van der Waals surface area (Å²) in [5.41, 5.74) is 3.84. The molecule has 3 rings (SSSR count). The predicted octanol–water partition coefficient (Wildman–Crippen LogP) is 4.54. The fourth-order valence-corrected chi connectivity index (χ4v) is 3.19. The SMILES string of the molecule is Cc1ccc(F)cc1NC(=S)Nc1cccc(CN2CCCC2)c1. The predicted molar refractivity (Wildman–Crippen MR) is 102 cm³/mol. The monoisotopic (exact) mass is 343 g/mol. The number of anilines is 2. The van der Waals surface area contributed by atoms with Crippen molar-refractivity contribution in [3.8, 4) is 0 Å². The van der Waals surface area contributed by atoms with Crippen molar-refractivity contribution in [3.63, 3.8) is 0 Å². The van der Waals surface area contributed by atoms with E-state index in [2.05, 4.69) is 27.7 Å². The van der Waals surface area contributed by atoms with Gasteiger partial charge in [-0.15, -0.1) is 0 Å². The van der Waals surface area contributed by atoms with Gasteiger partial charge in [0, 0.05) is 17.9 Å². The first-order valence-corrected chi connectivity index (χ1v) is 8.66. The fraction of sp³-hybridized carbons (Fsp3) is 0.316. The lowest BCUT2D eigenvalue weighted by atomic mass is 10.2. The highest BCUT2D eigenvalue weighted by Gasteiger charge is 2.12. The van der Waals surface area contributed by atoms with Gasteiger partial charge in [0.05, 0.1) is 0 Å². The number of hydrogen-bond acceptors (Lipinski definition) is 2. The lowest BCUT2D eigenvalue weighted by Crippen LogP contribution is -2.20. The highest BCUT2D eigenvalue weighted by molar-refractivity contribution is 7.80. The van der Waals surface area contributed by atoms with Crippen molar-refractivity contribution in [3.05, 3.63) is 59.4 Å². The van der Waals surface area contributed by atoms with Crippen LogP contribution in [-0.4, -0.2) is 23.1 Å². The largest absolute Gasteiger partial charge is 0.332 e. The summed E-state index contributed by atoms with van der Waals surface area (Å²) in [6.07, 6.45) is 2.58. The third-order valence-electron chi connectivity index (χ3n) is 4.24.